The number of hydrogen-bond donors (Lipinski definition) is 1. The molecule has 0 spiro atoms. The summed E-state index contributed by atoms with van der Waals surface area (Å²) in [5.41, 5.74) is 5.43. The molecule has 8 heteroatoms. The zero-order valence-electron chi connectivity index (χ0n) is 20.8. The second-order valence-corrected chi connectivity index (χ2v) is 10.5. The Balaban J connectivity index is 1.21. The second kappa shape index (κ2) is 9.10. The third-order valence-corrected chi connectivity index (χ3v) is 8.51. The van der Waals surface area contributed by atoms with E-state index < -0.39 is 36.4 Å². The van der Waals surface area contributed by atoms with Crippen molar-refractivity contribution in [2.75, 3.05) is 11.9 Å². The summed E-state index contributed by atoms with van der Waals surface area (Å²) in [7, 11) is 0. The van der Waals surface area contributed by atoms with Gasteiger partial charge in [-0.3, -0.25) is 19.3 Å². The maximum absolute atomic E-state index is 13.8. The Morgan fingerprint density at radius 2 is 1.37 bits per heavy atom. The number of amides is 3. The minimum Gasteiger partial charge on any atom is -0.454 e. The molecule has 3 aromatic rings. The largest absolute Gasteiger partial charge is 0.454 e. The summed E-state index contributed by atoms with van der Waals surface area (Å²) in [6.45, 7) is 2.68. The van der Waals surface area contributed by atoms with Crippen LogP contribution >= 0.6 is 11.6 Å². The highest BCUT2D eigenvalue weighted by molar-refractivity contribution is 6.31. The van der Waals surface area contributed by atoms with Crippen molar-refractivity contribution in [2.24, 2.45) is 11.8 Å². The molecule has 3 aromatic carbocycles. The topological polar surface area (TPSA) is 92.8 Å². The Morgan fingerprint density at radius 1 is 0.868 bits per heavy atom. The lowest BCUT2D eigenvalue weighted by Gasteiger charge is -2.45. The number of carbonyl (C=O) groups is 4. The summed E-state index contributed by atoms with van der Waals surface area (Å²) >= 11 is 6.10. The molecule has 192 valence electrons. The van der Waals surface area contributed by atoms with Crippen molar-refractivity contribution in [1.82, 2.24) is 4.90 Å². The molecule has 2 bridgehead atoms. The highest BCUT2D eigenvalue weighted by atomic mass is 35.5. The molecule has 1 N–H and O–H groups in total. The van der Waals surface area contributed by atoms with E-state index in [1.54, 1.807) is 25.1 Å². The SMILES string of the molecule is Cc1c(Cl)cccc1NC(=O)COC(=O)[C@H](C)N1C(=O)[C@@H]2C3c4ccccc4C(c4ccccc43)[C@@H]2C1=O. The van der Waals surface area contributed by atoms with Crippen LogP contribution in [0.2, 0.25) is 5.02 Å². The highest BCUT2D eigenvalue weighted by Gasteiger charge is 2.62. The smallest absolute Gasteiger partial charge is 0.329 e. The fourth-order valence-electron chi connectivity index (χ4n) is 6.37. The fraction of sp³-hybridized carbons (Fsp3) is 0.267. The molecule has 4 aliphatic rings. The van der Waals surface area contributed by atoms with Gasteiger partial charge in [0.15, 0.2) is 6.61 Å². The lowest BCUT2D eigenvalue weighted by molar-refractivity contribution is -0.159. The number of likely N-dealkylation sites (tertiary alicyclic amines) is 1. The van der Waals surface area contributed by atoms with E-state index in [2.05, 4.69) is 5.32 Å². The zero-order chi connectivity index (χ0) is 26.7. The molecule has 7 rings (SSSR count). The van der Waals surface area contributed by atoms with E-state index in [1.807, 2.05) is 48.5 Å². The van der Waals surface area contributed by atoms with Gasteiger partial charge in [-0.1, -0.05) is 66.2 Å². The summed E-state index contributed by atoms with van der Waals surface area (Å²) in [5.74, 6) is -3.78. The average Bonchev–Trinajstić information content (AvgIpc) is 3.19. The van der Waals surface area contributed by atoms with Crippen LogP contribution in [0.15, 0.2) is 66.7 Å². The Kier molecular flexibility index (Phi) is 5.83. The Morgan fingerprint density at radius 3 is 1.87 bits per heavy atom. The maximum atomic E-state index is 13.8. The van der Waals surface area contributed by atoms with E-state index >= 15 is 0 Å². The quantitative estimate of drug-likeness (QED) is 0.391. The first-order valence-corrected chi connectivity index (χ1v) is 12.9. The summed E-state index contributed by atoms with van der Waals surface area (Å²) < 4.78 is 5.23. The van der Waals surface area contributed by atoms with E-state index in [9.17, 15) is 19.2 Å². The average molecular weight is 529 g/mol. The molecule has 38 heavy (non-hydrogen) atoms. The van der Waals surface area contributed by atoms with Gasteiger partial charge >= 0.3 is 5.97 Å². The number of carbonyl (C=O) groups excluding carboxylic acids is 4. The third-order valence-electron chi connectivity index (χ3n) is 8.10. The molecular weight excluding hydrogens is 504 g/mol. The Labute approximate surface area is 224 Å². The molecule has 1 aliphatic heterocycles. The predicted molar refractivity (Wildman–Crippen MR) is 141 cm³/mol. The van der Waals surface area contributed by atoms with Gasteiger partial charge in [0.25, 0.3) is 5.91 Å². The van der Waals surface area contributed by atoms with E-state index in [0.717, 1.165) is 27.2 Å². The van der Waals surface area contributed by atoms with Gasteiger partial charge in [0.05, 0.1) is 11.8 Å². The monoisotopic (exact) mass is 528 g/mol. The van der Waals surface area contributed by atoms with Crippen molar-refractivity contribution in [3.05, 3.63) is 99.6 Å². The van der Waals surface area contributed by atoms with Crippen molar-refractivity contribution in [3.8, 4) is 0 Å². The zero-order valence-corrected chi connectivity index (χ0v) is 21.6. The van der Waals surface area contributed by atoms with Crippen LogP contribution in [0.3, 0.4) is 0 Å². The van der Waals surface area contributed by atoms with Gasteiger partial charge in [0, 0.05) is 22.5 Å². The summed E-state index contributed by atoms with van der Waals surface area (Å²) in [5, 5.41) is 3.16. The van der Waals surface area contributed by atoms with E-state index in [1.165, 1.54) is 6.92 Å². The van der Waals surface area contributed by atoms with Crippen LogP contribution in [0.25, 0.3) is 0 Å². The standard InChI is InChI=1S/C30H25ClN2O5/c1-15-21(31)12-7-13-22(15)32-23(34)14-38-30(37)16(2)33-28(35)26-24-17-8-3-4-9-18(17)25(27(26)29(33)36)20-11-6-5-10-19(20)24/h3-13,16,24-27H,14H2,1-2H3,(H,32,34)/t16-,24?,25?,26-,27+/m0/s1. The lowest BCUT2D eigenvalue weighted by Crippen LogP contribution is -2.45. The summed E-state index contributed by atoms with van der Waals surface area (Å²) in [6.07, 6.45) is 0. The number of ether oxygens (including phenoxy) is 1. The number of esters is 1. The van der Waals surface area contributed by atoms with Crippen molar-refractivity contribution >= 4 is 41.0 Å². The first-order chi connectivity index (χ1) is 18.3. The fourth-order valence-corrected chi connectivity index (χ4v) is 6.55. The number of nitrogens with zero attached hydrogens (tertiary/aromatic N) is 1. The first-order valence-electron chi connectivity index (χ1n) is 12.6. The normalized spacial score (nSPS) is 23.4. The van der Waals surface area contributed by atoms with Crippen molar-refractivity contribution in [1.29, 1.82) is 0 Å². The minimum atomic E-state index is -1.16. The number of benzene rings is 3. The van der Waals surface area contributed by atoms with Gasteiger partial charge in [0.1, 0.15) is 6.04 Å². The van der Waals surface area contributed by atoms with Gasteiger partial charge in [-0.15, -0.1) is 0 Å². The number of halogens is 1. The van der Waals surface area contributed by atoms with E-state index in [-0.39, 0.29) is 23.7 Å². The van der Waals surface area contributed by atoms with Crippen molar-refractivity contribution < 1.29 is 23.9 Å². The lowest BCUT2D eigenvalue weighted by atomic mass is 9.55. The van der Waals surface area contributed by atoms with Gasteiger partial charge in [0.2, 0.25) is 11.8 Å². The second-order valence-electron chi connectivity index (χ2n) is 10.1. The Bertz CT molecular complexity index is 1400. The number of imide groups is 1. The van der Waals surface area contributed by atoms with Crippen LogP contribution in [0.4, 0.5) is 5.69 Å². The molecule has 0 unspecified atom stereocenters. The molecule has 0 saturated carbocycles. The molecule has 0 radical (unpaired) electrons. The molecule has 1 heterocycles. The van der Waals surface area contributed by atoms with Crippen LogP contribution in [0.5, 0.6) is 0 Å². The Hall–Kier alpha value is -3.97. The van der Waals surface area contributed by atoms with Crippen LogP contribution in [-0.2, 0) is 23.9 Å². The highest BCUT2D eigenvalue weighted by Crippen LogP contribution is 2.61. The molecule has 1 saturated heterocycles. The van der Waals surface area contributed by atoms with E-state index in [0.29, 0.717) is 16.3 Å². The van der Waals surface area contributed by atoms with Crippen molar-refractivity contribution in [3.63, 3.8) is 0 Å². The van der Waals surface area contributed by atoms with Crippen LogP contribution < -0.4 is 5.32 Å². The van der Waals surface area contributed by atoms with E-state index in [4.69, 9.17) is 16.3 Å². The molecule has 7 nitrogen and oxygen atoms in total. The van der Waals surface area contributed by atoms with Gasteiger partial charge in [-0.05, 0) is 53.8 Å². The van der Waals surface area contributed by atoms with Gasteiger partial charge < -0.3 is 10.1 Å². The van der Waals surface area contributed by atoms with Crippen molar-refractivity contribution in [2.45, 2.75) is 31.7 Å². The molecule has 3 aliphatic carbocycles. The summed E-state index contributed by atoms with van der Waals surface area (Å²) in [4.78, 5) is 53.9. The molecule has 0 aromatic heterocycles. The molecule has 1 fully saturated rings. The molecule has 3 atom stereocenters. The molecule has 3 amide bonds. The maximum Gasteiger partial charge on any atom is 0.329 e. The third kappa shape index (κ3) is 3.56. The van der Waals surface area contributed by atoms with Crippen LogP contribution in [-0.4, -0.2) is 41.2 Å². The number of rotatable bonds is 5. The minimum absolute atomic E-state index is 0.256. The van der Waals surface area contributed by atoms with Gasteiger partial charge in [-0.2, -0.15) is 0 Å². The first kappa shape index (κ1) is 24.4. The van der Waals surface area contributed by atoms with Crippen LogP contribution in [0, 0.1) is 18.8 Å². The summed E-state index contributed by atoms with van der Waals surface area (Å²) in [6, 6.07) is 19.8. The number of nitrogens with one attached hydrogen (secondary N) is 1. The number of anilines is 1. The number of hydrogen-bond acceptors (Lipinski definition) is 5. The molecular formula is C30H25ClN2O5. The van der Waals surface area contributed by atoms with Gasteiger partial charge in [-0.25, -0.2) is 4.79 Å². The predicted octanol–water partition coefficient (Wildman–Crippen LogP) is 4.41. The van der Waals surface area contributed by atoms with Crippen LogP contribution in [0.1, 0.15) is 46.6 Å².